The molecule has 4 nitrogen and oxygen atoms in total. The summed E-state index contributed by atoms with van der Waals surface area (Å²) in [5.74, 6) is 0.877. The van der Waals surface area contributed by atoms with Gasteiger partial charge in [0.25, 0.3) is 0 Å². The second-order valence-corrected chi connectivity index (χ2v) is 4.79. The molecule has 0 radical (unpaired) electrons. The number of nitrogens with zero attached hydrogens (tertiary/aromatic N) is 1. The third kappa shape index (κ3) is 3.45. The molecule has 0 bridgehead atoms. The minimum absolute atomic E-state index is 0.0630. The minimum atomic E-state index is -0.0630. The zero-order chi connectivity index (χ0) is 13.0. The summed E-state index contributed by atoms with van der Waals surface area (Å²) in [6.45, 7) is 4.70. The van der Waals surface area contributed by atoms with Crippen LogP contribution in [0.3, 0.4) is 0 Å². The van der Waals surface area contributed by atoms with Crippen molar-refractivity contribution in [3.8, 4) is 5.75 Å². The van der Waals surface area contributed by atoms with E-state index in [1.165, 1.54) is 5.56 Å². The van der Waals surface area contributed by atoms with Gasteiger partial charge in [0, 0.05) is 19.6 Å². The number of morpholine rings is 1. The zero-order valence-corrected chi connectivity index (χ0v) is 11.0. The highest BCUT2D eigenvalue weighted by molar-refractivity contribution is 5.27. The summed E-state index contributed by atoms with van der Waals surface area (Å²) in [7, 11) is 1.67. The summed E-state index contributed by atoms with van der Waals surface area (Å²) in [5, 5.41) is 9.19. The number of aliphatic hydroxyl groups excluding tert-OH is 1. The molecule has 2 rings (SSSR count). The highest BCUT2D eigenvalue weighted by Crippen LogP contribution is 2.16. The van der Waals surface area contributed by atoms with Crippen molar-refractivity contribution in [3.63, 3.8) is 0 Å². The molecule has 1 aliphatic heterocycles. The Morgan fingerprint density at radius 3 is 2.67 bits per heavy atom. The molecule has 1 aliphatic rings. The van der Waals surface area contributed by atoms with Crippen molar-refractivity contribution < 1.29 is 14.6 Å². The van der Waals surface area contributed by atoms with E-state index >= 15 is 0 Å². The van der Waals surface area contributed by atoms with Crippen LogP contribution in [0.15, 0.2) is 24.3 Å². The molecular weight excluding hydrogens is 230 g/mol. The van der Waals surface area contributed by atoms with Crippen molar-refractivity contribution in [2.45, 2.75) is 25.7 Å². The number of methoxy groups -OCH3 is 1. The summed E-state index contributed by atoms with van der Waals surface area (Å²) in [6.07, 6.45) is 0.112. The first-order valence-corrected chi connectivity index (χ1v) is 6.33. The topological polar surface area (TPSA) is 41.9 Å². The number of hydrogen-bond donors (Lipinski definition) is 1. The smallest absolute Gasteiger partial charge is 0.118 e. The molecule has 4 heteroatoms. The molecule has 0 aliphatic carbocycles. The molecule has 1 aromatic rings. The molecule has 1 saturated heterocycles. The van der Waals surface area contributed by atoms with Gasteiger partial charge in [-0.15, -0.1) is 0 Å². The van der Waals surface area contributed by atoms with Gasteiger partial charge in [-0.3, -0.25) is 4.90 Å². The van der Waals surface area contributed by atoms with Crippen LogP contribution in [0.5, 0.6) is 5.75 Å². The Balaban J connectivity index is 1.95. The van der Waals surface area contributed by atoms with Gasteiger partial charge in [-0.1, -0.05) is 12.1 Å². The molecule has 100 valence electrons. The van der Waals surface area contributed by atoms with Crippen molar-refractivity contribution in [2.24, 2.45) is 0 Å². The molecule has 0 spiro atoms. The van der Waals surface area contributed by atoms with Crippen LogP contribution in [0.1, 0.15) is 12.5 Å². The summed E-state index contributed by atoms with van der Waals surface area (Å²) < 4.78 is 10.8. The fourth-order valence-electron chi connectivity index (χ4n) is 2.36. The van der Waals surface area contributed by atoms with Gasteiger partial charge in [-0.25, -0.2) is 0 Å². The van der Waals surface area contributed by atoms with Crippen LogP contribution in [0.25, 0.3) is 0 Å². The SMILES string of the molecule is COc1ccc(CN2C[C@H](CO)O[C@@H](C)C2)cc1. The zero-order valence-electron chi connectivity index (χ0n) is 11.0. The molecule has 0 unspecified atom stereocenters. The lowest BCUT2D eigenvalue weighted by Crippen LogP contribution is -2.47. The molecule has 0 saturated carbocycles. The van der Waals surface area contributed by atoms with E-state index in [2.05, 4.69) is 17.0 Å². The van der Waals surface area contributed by atoms with E-state index in [0.29, 0.717) is 0 Å². The van der Waals surface area contributed by atoms with Crippen LogP contribution < -0.4 is 4.74 Å². The minimum Gasteiger partial charge on any atom is -0.497 e. The molecule has 18 heavy (non-hydrogen) atoms. The highest BCUT2D eigenvalue weighted by atomic mass is 16.5. The van der Waals surface area contributed by atoms with Crippen molar-refractivity contribution in [1.82, 2.24) is 4.90 Å². The Kier molecular flexibility index (Phi) is 4.58. The third-order valence-corrected chi connectivity index (χ3v) is 3.17. The molecule has 1 heterocycles. The fraction of sp³-hybridized carbons (Fsp3) is 0.571. The Morgan fingerprint density at radius 2 is 2.06 bits per heavy atom. The first-order chi connectivity index (χ1) is 8.71. The van der Waals surface area contributed by atoms with Crippen molar-refractivity contribution in [1.29, 1.82) is 0 Å². The van der Waals surface area contributed by atoms with E-state index in [-0.39, 0.29) is 18.8 Å². The van der Waals surface area contributed by atoms with Crippen LogP contribution in [-0.2, 0) is 11.3 Å². The number of rotatable bonds is 4. The van der Waals surface area contributed by atoms with E-state index in [0.717, 1.165) is 25.4 Å². The Labute approximate surface area is 108 Å². The molecular formula is C14H21NO3. The molecule has 0 aromatic heterocycles. The van der Waals surface area contributed by atoms with Crippen molar-refractivity contribution in [3.05, 3.63) is 29.8 Å². The Bertz CT molecular complexity index is 366. The normalized spacial score (nSPS) is 25.1. The van der Waals surface area contributed by atoms with Crippen molar-refractivity contribution >= 4 is 0 Å². The maximum Gasteiger partial charge on any atom is 0.118 e. The van der Waals surface area contributed by atoms with E-state index in [4.69, 9.17) is 9.47 Å². The molecule has 1 N–H and O–H groups in total. The lowest BCUT2D eigenvalue weighted by atomic mass is 10.1. The average molecular weight is 251 g/mol. The standard InChI is InChI=1S/C14H21NO3/c1-11-7-15(9-14(10-16)18-11)8-12-3-5-13(17-2)6-4-12/h3-6,11,14,16H,7-10H2,1-2H3/t11-,14+/m0/s1. The Hall–Kier alpha value is -1.10. The van der Waals surface area contributed by atoms with Crippen LogP contribution in [0.4, 0.5) is 0 Å². The second kappa shape index (κ2) is 6.18. The van der Waals surface area contributed by atoms with Gasteiger partial charge < -0.3 is 14.6 Å². The van der Waals surface area contributed by atoms with E-state index < -0.39 is 0 Å². The first kappa shape index (κ1) is 13.3. The van der Waals surface area contributed by atoms with Crippen LogP contribution in [-0.4, -0.2) is 49.0 Å². The fourth-order valence-corrected chi connectivity index (χ4v) is 2.36. The van der Waals surface area contributed by atoms with Crippen LogP contribution >= 0.6 is 0 Å². The van der Waals surface area contributed by atoms with Gasteiger partial charge in [-0.2, -0.15) is 0 Å². The predicted molar refractivity (Wildman–Crippen MR) is 69.7 cm³/mol. The first-order valence-electron chi connectivity index (χ1n) is 6.33. The molecule has 1 aromatic carbocycles. The molecule has 1 fully saturated rings. The Morgan fingerprint density at radius 1 is 1.33 bits per heavy atom. The van der Waals surface area contributed by atoms with Crippen LogP contribution in [0, 0.1) is 0 Å². The molecule has 2 atom stereocenters. The van der Waals surface area contributed by atoms with Crippen LogP contribution in [0.2, 0.25) is 0 Å². The number of aliphatic hydroxyl groups is 1. The number of benzene rings is 1. The number of hydrogen-bond acceptors (Lipinski definition) is 4. The van der Waals surface area contributed by atoms with Gasteiger partial charge >= 0.3 is 0 Å². The van der Waals surface area contributed by atoms with E-state index in [1.54, 1.807) is 7.11 Å². The lowest BCUT2D eigenvalue weighted by molar-refractivity contribution is -0.0972. The van der Waals surface area contributed by atoms with Gasteiger partial charge in [0.2, 0.25) is 0 Å². The second-order valence-electron chi connectivity index (χ2n) is 4.79. The third-order valence-electron chi connectivity index (χ3n) is 3.17. The largest absolute Gasteiger partial charge is 0.497 e. The number of ether oxygens (including phenoxy) is 2. The van der Waals surface area contributed by atoms with Gasteiger partial charge in [0.15, 0.2) is 0 Å². The van der Waals surface area contributed by atoms with Gasteiger partial charge in [0.05, 0.1) is 25.9 Å². The predicted octanol–water partition coefficient (Wildman–Crippen LogP) is 1.28. The highest BCUT2D eigenvalue weighted by Gasteiger charge is 2.24. The summed E-state index contributed by atoms with van der Waals surface area (Å²) >= 11 is 0. The lowest BCUT2D eigenvalue weighted by Gasteiger charge is -2.36. The van der Waals surface area contributed by atoms with Gasteiger partial charge in [0.1, 0.15) is 5.75 Å². The average Bonchev–Trinajstić information content (AvgIpc) is 2.39. The molecule has 0 amide bonds. The maximum atomic E-state index is 9.19. The summed E-state index contributed by atoms with van der Waals surface area (Å²) in [5.41, 5.74) is 1.25. The monoisotopic (exact) mass is 251 g/mol. The van der Waals surface area contributed by atoms with E-state index in [9.17, 15) is 5.11 Å². The maximum absolute atomic E-state index is 9.19. The summed E-state index contributed by atoms with van der Waals surface area (Å²) in [6, 6.07) is 8.10. The summed E-state index contributed by atoms with van der Waals surface area (Å²) in [4.78, 5) is 2.32. The van der Waals surface area contributed by atoms with E-state index in [1.807, 2.05) is 19.1 Å². The van der Waals surface area contributed by atoms with Crippen molar-refractivity contribution in [2.75, 3.05) is 26.8 Å². The quantitative estimate of drug-likeness (QED) is 0.875. The van der Waals surface area contributed by atoms with Gasteiger partial charge in [-0.05, 0) is 24.6 Å².